The first-order valence-electron chi connectivity index (χ1n) is 9.16. The average Bonchev–Trinajstić information content (AvgIpc) is 2.65. The molecule has 0 unspecified atom stereocenters. The maximum Gasteiger partial charge on any atom is 0.241 e. The zero-order valence-electron chi connectivity index (χ0n) is 17.0. The van der Waals surface area contributed by atoms with Crippen LogP contribution in [0.4, 0.5) is 5.69 Å². The molecule has 0 bridgehead atoms. The van der Waals surface area contributed by atoms with Crippen molar-refractivity contribution in [2.75, 3.05) is 24.2 Å². The summed E-state index contributed by atoms with van der Waals surface area (Å²) in [6, 6.07) is 13.0. The van der Waals surface area contributed by atoms with Crippen molar-refractivity contribution in [2.24, 2.45) is 0 Å². The molecular weight excluding hydrogens is 376 g/mol. The highest BCUT2D eigenvalue weighted by molar-refractivity contribution is 7.92. The van der Waals surface area contributed by atoms with Crippen LogP contribution < -0.4 is 14.4 Å². The van der Waals surface area contributed by atoms with Crippen molar-refractivity contribution in [3.8, 4) is 5.75 Å². The third-order valence-corrected chi connectivity index (χ3v) is 5.68. The second-order valence-corrected chi connectivity index (χ2v) is 8.74. The standard InChI is InChI=1S/C21H28N2O4S/c1-6-17-8-10-18(11-9-17)16(3)22-21(24)14-23(28(5,25)26)19-13-15(2)7-12-20(19)27-4/h7-13,16H,6,14H2,1-5H3,(H,22,24)/t16-/m1/s1. The summed E-state index contributed by atoms with van der Waals surface area (Å²) in [7, 11) is -2.21. The molecule has 28 heavy (non-hydrogen) atoms. The van der Waals surface area contributed by atoms with Crippen molar-refractivity contribution in [3.63, 3.8) is 0 Å². The third kappa shape index (κ3) is 5.48. The zero-order chi connectivity index (χ0) is 20.9. The van der Waals surface area contributed by atoms with Gasteiger partial charge in [-0.15, -0.1) is 0 Å². The molecule has 1 N–H and O–H groups in total. The molecule has 0 spiro atoms. The molecule has 0 saturated carbocycles. The molecule has 0 fully saturated rings. The van der Waals surface area contributed by atoms with E-state index in [1.54, 1.807) is 12.1 Å². The molecule has 0 saturated heterocycles. The molecule has 7 heteroatoms. The number of carbonyl (C=O) groups is 1. The fraction of sp³-hybridized carbons (Fsp3) is 0.381. The Hall–Kier alpha value is -2.54. The molecule has 0 aliphatic carbocycles. The Morgan fingerprint density at radius 3 is 2.36 bits per heavy atom. The number of hydrogen-bond acceptors (Lipinski definition) is 4. The van der Waals surface area contributed by atoms with Crippen LogP contribution in [0.3, 0.4) is 0 Å². The molecule has 152 valence electrons. The fourth-order valence-electron chi connectivity index (χ4n) is 2.92. The van der Waals surface area contributed by atoms with Crippen molar-refractivity contribution in [3.05, 3.63) is 59.2 Å². The molecule has 0 radical (unpaired) electrons. The maximum absolute atomic E-state index is 12.6. The van der Waals surface area contributed by atoms with Gasteiger partial charge >= 0.3 is 0 Å². The van der Waals surface area contributed by atoms with E-state index in [1.165, 1.54) is 12.7 Å². The first-order chi connectivity index (χ1) is 13.2. The van der Waals surface area contributed by atoms with Crippen LogP contribution in [0.1, 0.15) is 36.6 Å². The SMILES string of the molecule is CCc1ccc([C@@H](C)NC(=O)CN(c2cc(C)ccc2OC)S(C)(=O)=O)cc1. The number of benzene rings is 2. The van der Waals surface area contributed by atoms with Crippen LogP contribution in [0.25, 0.3) is 0 Å². The van der Waals surface area contributed by atoms with Gasteiger partial charge in [0.2, 0.25) is 15.9 Å². The number of methoxy groups -OCH3 is 1. The third-order valence-electron chi connectivity index (χ3n) is 4.56. The van der Waals surface area contributed by atoms with Crippen molar-refractivity contribution in [2.45, 2.75) is 33.2 Å². The Bertz CT molecular complexity index is 924. The smallest absolute Gasteiger partial charge is 0.241 e. The predicted octanol–water partition coefficient (Wildman–Crippen LogP) is 3.21. The van der Waals surface area contributed by atoms with E-state index < -0.39 is 10.0 Å². The molecule has 6 nitrogen and oxygen atoms in total. The number of hydrogen-bond donors (Lipinski definition) is 1. The second-order valence-electron chi connectivity index (χ2n) is 6.83. The highest BCUT2D eigenvalue weighted by atomic mass is 32.2. The quantitative estimate of drug-likeness (QED) is 0.733. The van der Waals surface area contributed by atoms with Gasteiger partial charge in [-0.05, 0) is 49.1 Å². The van der Waals surface area contributed by atoms with E-state index in [4.69, 9.17) is 4.74 Å². The molecule has 0 aromatic heterocycles. The van der Waals surface area contributed by atoms with Gasteiger partial charge in [0, 0.05) is 0 Å². The predicted molar refractivity (Wildman–Crippen MR) is 112 cm³/mol. The Labute approximate surface area is 167 Å². The van der Waals surface area contributed by atoms with Gasteiger partial charge < -0.3 is 10.1 Å². The summed E-state index contributed by atoms with van der Waals surface area (Å²) in [4.78, 5) is 12.6. The van der Waals surface area contributed by atoms with Gasteiger partial charge in [-0.25, -0.2) is 8.42 Å². The number of carbonyl (C=O) groups excluding carboxylic acids is 1. The molecule has 0 aliphatic heterocycles. The highest BCUT2D eigenvalue weighted by Gasteiger charge is 2.24. The summed E-state index contributed by atoms with van der Waals surface area (Å²) in [6.45, 7) is 5.48. The largest absolute Gasteiger partial charge is 0.495 e. The topological polar surface area (TPSA) is 75.7 Å². The minimum atomic E-state index is -3.68. The number of nitrogens with one attached hydrogen (secondary N) is 1. The van der Waals surface area contributed by atoms with Crippen molar-refractivity contribution in [1.29, 1.82) is 0 Å². The van der Waals surface area contributed by atoms with E-state index in [0.717, 1.165) is 28.1 Å². The first kappa shape index (κ1) is 21.8. The van der Waals surface area contributed by atoms with Gasteiger partial charge in [0.05, 0.1) is 25.1 Å². The van der Waals surface area contributed by atoms with Gasteiger partial charge in [0.1, 0.15) is 12.3 Å². The normalized spacial score (nSPS) is 12.3. The number of nitrogens with zero attached hydrogens (tertiary/aromatic N) is 1. The summed E-state index contributed by atoms with van der Waals surface area (Å²) in [6.07, 6.45) is 2.03. The Morgan fingerprint density at radius 1 is 1.18 bits per heavy atom. The number of rotatable bonds is 8. The Kier molecular flexibility index (Phi) is 7.07. The van der Waals surface area contributed by atoms with E-state index in [0.29, 0.717) is 11.4 Å². The summed E-state index contributed by atoms with van der Waals surface area (Å²) in [5.74, 6) is 0.00748. The summed E-state index contributed by atoms with van der Waals surface area (Å²) >= 11 is 0. The first-order valence-corrected chi connectivity index (χ1v) is 11.0. The minimum Gasteiger partial charge on any atom is -0.495 e. The van der Waals surface area contributed by atoms with Crippen LogP contribution in [0.2, 0.25) is 0 Å². The monoisotopic (exact) mass is 404 g/mol. The van der Waals surface area contributed by atoms with Crippen LogP contribution in [0.5, 0.6) is 5.75 Å². The molecule has 0 aliphatic rings. The van der Waals surface area contributed by atoms with Gasteiger partial charge in [-0.2, -0.15) is 0 Å². The number of anilines is 1. The van der Waals surface area contributed by atoms with Gasteiger partial charge in [-0.3, -0.25) is 9.10 Å². The lowest BCUT2D eigenvalue weighted by Crippen LogP contribution is -2.41. The molecular formula is C21H28N2O4S. The number of ether oxygens (including phenoxy) is 1. The second kappa shape index (κ2) is 9.10. The molecule has 2 rings (SSSR count). The van der Waals surface area contributed by atoms with Crippen LogP contribution in [-0.4, -0.2) is 34.2 Å². The zero-order valence-corrected chi connectivity index (χ0v) is 17.8. The van der Waals surface area contributed by atoms with E-state index in [-0.39, 0.29) is 18.5 Å². The fourth-order valence-corrected chi connectivity index (χ4v) is 3.77. The van der Waals surface area contributed by atoms with Crippen molar-refractivity contribution >= 4 is 21.6 Å². The van der Waals surface area contributed by atoms with Crippen LogP contribution in [0.15, 0.2) is 42.5 Å². The number of amides is 1. The minimum absolute atomic E-state index is 0.237. The Morgan fingerprint density at radius 2 is 1.82 bits per heavy atom. The summed E-state index contributed by atoms with van der Waals surface area (Å²) in [5.41, 5.74) is 3.40. The molecule has 2 aromatic rings. The highest BCUT2D eigenvalue weighted by Crippen LogP contribution is 2.30. The van der Waals surface area contributed by atoms with Crippen LogP contribution >= 0.6 is 0 Å². The lowest BCUT2D eigenvalue weighted by molar-refractivity contribution is -0.120. The van der Waals surface area contributed by atoms with Crippen LogP contribution in [-0.2, 0) is 21.2 Å². The summed E-state index contributed by atoms with van der Waals surface area (Å²) in [5, 5.41) is 2.87. The van der Waals surface area contributed by atoms with E-state index in [9.17, 15) is 13.2 Å². The maximum atomic E-state index is 12.6. The Balaban J connectivity index is 2.21. The lowest BCUT2D eigenvalue weighted by atomic mass is 10.1. The molecule has 2 aromatic carbocycles. The van der Waals surface area contributed by atoms with Crippen molar-refractivity contribution in [1.82, 2.24) is 5.32 Å². The molecule has 0 heterocycles. The molecule has 1 amide bonds. The van der Waals surface area contributed by atoms with Gasteiger partial charge in [0.15, 0.2) is 0 Å². The number of sulfonamides is 1. The van der Waals surface area contributed by atoms with E-state index in [1.807, 2.05) is 44.2 Å². The average molecular weight is 405 g/mol. The number of aryl methyl sites for hydroxylation is 2. The molecule has 1 atom stereocenters. The van der Waals surface area contributed by atoms with Crippen molar-refractivity contribution < 1.29 is 17.9 Å². The lowest BCUT2D eigenvalue weighted by Gasteiger charge is -2.25. The van der Waals surface area contributed by atoms with Gasteiger partial charge in [0.25, 0.3) is 0 Å². The summed E-state index contributed by atoms with van der Waals surface area (Å²) < 4.78 is 31.1. The van der Waals surface area contributed by atoms with Crippen LogP contribution in [0, 0.1) is 6.92 Å². The van der Waals surface area contributed by atoms with E-state index >= 15 is 0 Å². The van der Waals surface area contributed by atoms with E-state index in [2.05, 4.69) is 12.2 Å². The van der Waals surface area contributed by atoms with Gasteiger partial charge in [-0.1, -0.05) is 37.3 Å².